The van der Waals surface area contributed by atoms with E-state index in [9.17, 15) is 8.42 Å². The van der Waals surface area contributed by atoms with Gasteiger partial charge in [-0.1, -0.05) is 17.7 Å². The summed E-state index contributed by atoms with van der Waals surface area (Å²) in [6.45, 7) is 1.92. The molecule has 0 radical (unpaired) electrons. The van der Waals surface area contributed by atoms with Crippen molar-refractivity contribution in [3.05, 3.63) is 86.8 Å². The molecule has 0 aliphatic heterocycles. The third-order valence-corrected chi connectivity index (χ3v) is 8.49. The van der Waals surface area contributed by atoms with Crippen LogP contribution in [0.2, 0.25) is 0 Å². The monoisotopic (exact) mass is 558 g/mol. The number of nitrogens with zero attached hydrogens (tertiary/aromatic N) is 3. The van der Waals surface area contributed by atoms with Crippen molar-refractivity contribution < 1.29 is 8.42 Å². The summed E-state index contributed by atoms with van der Waals surface area (Å²) in [7, 11) is -3.74. The number of hydrogen-bond donors (Lipinski definition) is 1. The van der Waals surface area contributed by atoms with Gasteiger partial charge in [0, 0.05) is 50.4 Å². The average Bonchev–Trinajstić information content (AvgIpc) is 3.36. The maximum absolute atomic E-state index is 13.1. The Morgan fingerprint density at radius 1 is 1.03 bits per heavy atom. The number of H-pyrrole nitrogens is 1. The molecule has 0 aliphatic carbocycles. The zero-order chi connectivity index (χ0) is 21.8. The minimum atomic E-state index is -3.74. The Kier molecular flexibility index (Phi) is 4.99. The first-order valence-electron chi connectivity index (χ1n) is 9.43. The van der Waals surface area contributed by atoms with Crippen LogP contribution in [0.15, 0.2) is 74.9 Å². The first-order valence-corrected chi connectivity index (χ1v) is 12.5. The predicted molar refractivity (Wildman–Crippen MR) is 128 cm³/mol. The van der Waals surface area contributed by atoms with Crippen LogP contribution >= 0.6 is 31.9 Å². The molecule has 0 saturated carbocycles. The van der Waals surface area contributed by atoms with E-state index in [4.69, 9.17) is 0 Å². The average molecular weight is 560 g/mol. The van der Waals surface area contributed by atoms with Crippen LogP contribution in [0.4, 0.5) is 0 Å². The van der Waals surface area contributed by atoms with E-state index in [1.54, 1.807) is 48.9 Å². The van der Waals surface area contributed by atoms with Gasteiger partial charge in [0.05, 0.1) is 4.90 Å². The van der Waals surface area contributed by atoms with Crippen molar-refractivity contribution in [1.29, 1.82) is 0 Å². The molecule has 0 aliphatic rings. The van der Waals surface area contributed by atoms with Gasteiger partial charge in [0.1, 0.15) is 5.65 Å². The number of aromatic amines is 1. The molecule has 4 heterocycles. The van der Waals surface area contributed by atoms with E-state index < -0.39 is 10.0 Å². The number of aryl methyl sites for hydroxylation is 1. The number of hydrogen-bond acceptors (Lipinski definition) is 4. The van der Waals surface area contributed by atoms with Gasteiger partial charge < -0.3 is 4.98 Å². The SMILES string of the molecule is Cc1ccc(S(=O)(=O)n2ccc3c(Br)c(Cc4cc5c(Br)ccnc5[nH]4)cnc32)cc1. The molecule has 9 heteroatoms. The summed E-state index contributed by atoms with van der Waals surface area (Å²) in [4.78, 5) is 12.4. The van der Waals surface area contributed by atoms with Crippen molar-refractivity contribution in [3.8, 4) is 0 Å². The van der Waals surface area contributed by atoms with Crippen molar-refractivity contribution in [2.24, 2.45) is 0 Å². The summed E-state index contributed by atoms with van der Waals surface area (Å²) in [5, 5.41) is 1.75. The fraction of sp³-hybridized carbons (Fsp3) is 0.0909. The summed E-state index contributed by atoms with van der Waals surface area (Å²) in [6.07, 6.45) is 5.60. The molecular weight excluding hydrogens is 544 g/mol. The van der Waals surface area contributed by atoms with Crippen LogP contribution in [0.3, 0.4) is 0 Å². The maximum Gasteiger partial charge on any atom is 0.269 e. The molecule has 156 valence electrons. The van der Waals surface area contributed by atoms with E-state index in [1.807, 2.05) is 13.0 Å². The van der Waals surface area contributed by atoms with Crippen molar-refractivity contribution in [3.63, 3.8) is 0 Å². The van der Waals surface area contributed by atoms with E-state index in [-0.39, 0.29) is 4.90 Å². The number of halogens is 2. The van der Waals surface area contributed by atoms with E-state index in [1.165, 1.54) is 3.97 Å². The molecule has 4 aromatic heterocycles. The molecule has 1 N–H and O–H groups in total. The minimum absolute atomic E-state index is 0.230. The van der Waals surface area contributed by atoms with Crippen LogP contribution in [-0.4, -0.2) is 27.3 Å². The lowest BCUT2D eigenvalue weighted by atomic mass is 10.1. The van der Waals surface area contributed by atoms with Gasteiger partial charge in [-0.25, -0.2) is 22.4 Å². The molecular formula is C22H16Br2N4O2S. The Hall–Kier alpha value is -2.49. The number of rotatable bonds is 4. The van der Waals surface area contributed by atoms with Gasteiger partial charge in [-0.2, -0.15) is 0 Å². The van der Waals surface area contributed by atoms with E-state index in [0.717, 1.165) is 42.2 Å². The third kappa shape index (κ3) is 3.50. The molecule has 6 nitrogen and oxygen atoms in total. The van der Waals surface area contributed by atoms with Gasteiger partial charge in [-0.3, -0.25) is 0 Å². The molecule has 31 heavy (non-hydrogen) atoms. The van der Waals surface area contributed by atoms with Crippen LogP contribution in [0.25, 0.3) is 22.1 Å². The lowest BCUT2D eigenvalue weighted by Gasteiger charge is -2.09. The smallest absolute Gasteiger partial charge is 0.269 e. The Labute approximate surface area is 195 Å². The predicted octanol–water partition coefficient (Wildman–Crippen LogP) is 5.57. The van der Waals surface area contributed by atoms with Gasteiger partial charge in [0.2, 0.25) is 0 Å². The first kappa shape index (κ1) is 20.4. The standard InChI is InChI=1S/C22H16Br2N4O2S/c1-13-2-4-16(5-3-13)31(29,30)28-9-7-17-20(24)14(12-26-22(17)28)10-15-11-18-19(23)6-8-25-21(18)27-15/h2-9,11-12H,10H2,1H3,(H,25,27). The number of nitrogens with one attached hydrogen (secondary N) is 1. The minimum Gasteiger partial charge on any atom is -0.343 e. The van der Waals surface area contributed by atoms with Gasteiger partial charge in [0.25, 0.3) is 10.0 Å². The highest BCUT2D eigenvalue weighted by Gasteiger charge is 2.21. The topological polar surface area (TPSA) is 80.6 Å². The Morgan fingerprint density at radius 2 is 1.81 bits per heavy atom. The fourth-order valence-corrected chi connectivity index (χ4v) is 5.84. The lowest BCUT2D eigenvalue weighted by molar-refractivity contribution is 0.588. The zero-order valence-electron chi connectivity index (χ0n) is 16.3. The Morgan fingerprint density at radius 3 is 2.55 bits per heavy atom. The second kappa shape index (κ2) is 7.58. The number of fused-ring (bicyclic) bond motifs is 2. The van der Waals surface area contributed by atoms with Gasteiger partial charge in [-0.15, -0.1) is 0 Å². The molecule has 5 rings (SSSR count). The molecule has 1 aromatic carbocycles. The van der Waals surface area contributed by atoms with Gasteiger partial charge >= 0.3 is 0 Å². The van der Waals surface area contributed by atoms with Gasteiger partial charge in [-0.05, 0) is 74.7 Å². The quantitative estimate of drug-likeness (QED) is 0.312. The molecule has 0 saturated heterocycles. The van der Waals surface area contributed by atoms with E-state index in [0.29, 0.717) is 12.1 Å². The normalized spacial score (nSPS) is 12.1. The number of pyridine rings is 2. The third-order valence-electron chi connectivity index (χ3n) is 5.18. The fourth-order valence-electron chi connectivity index (χ4n) is 3.56. The summed E-state index contributed by atoms with van der Waals surface area (Å²) in [5.74, 6) is 0. The summed E-state index contributed by atoms with van der Waals surface area (Å²) >= 11 is 7.20. The largest absolute Gasteiger partial charge is 0.343 e. The van der Waals surface area contributed by atoms with Crippen LogP contribution in [0.1, 0.15) is 16.8 Å². The van der Waals surface area contributed by atoms with Crippen molar-refractivity contribution in [1.82, 2.24) is 18.9 Å². The molecule has 5 aromatic rings. The zero-order valence-corrected chi connectivity index (χ0v) is 20.3. The van der Waals surface area contributed by atoms with E-state index >= 15 is 0 Å². The lowest BCUT2D eigenvalue weighted by Crippen LogP contribution is -2.12. The van der Waals surface area contributed by atoms with Crippen molar-refractivity contribution >= 4 is 63.9 Å². The summed E-state index contributed by atoms with van der Waals surface area (Å²) < 4.78 is 29.3. The second-order valence-corrected chi connectivity index (χ2v) is 10.8. The molecule has 0 unspecified atom stereocenters. The molecule has 0 fully saturated rings. The molecule has 0 amide bonds. The van der Waals surface area contributed by atoms with Crippen molar-refractivity contribution in [2.75, 3.05) is 0 Å². The van der Waals surface area contributed by atoms with Crippen LogP contribution in [0.5, 0.6) is 0 Å². The summed E-state index contributed by atoms with van der Waals surface area (Å²) in [5.41, 5.74) is 4.13. The highest BCUT2D eigenvalue weighted by atomic mass is 79.9. The second-order valence-electron chi connectivity index (χ2n) is 7.29. The highest BCUT2D eigenvalue weighted by molar-refractivity contribution is 9.11. The van der Waals surface area contributed by atoms with Crippen molar-refractivity contribution in [2.45, 2.75) is 18.2 Å². The molecule has 0 spiro atoms. The Balaban J connectivity index is 1.55. The maximum atomic E-state index is 13.1. The van der Waals surface area contributed by atoms with Crippen LogP contribution in [0, 0.1) is 6.92 Å². The van der Waals surface area contributed by atoms with Crippen LogP contribution < -0.4 is 0 Å². The summed E-state index contributed by atoms with van der Waals surface area (Å²) in [6, 6.07) is 12.5. The number of aromatic nitrogens is 4. The number of benzene rings is 1. The molecule has 0 bridgehead atoms. The first-order chi connectivity index (χ1) is 14.8. The van der Waals surface area contributed by atoms with E-state index in [2.05, 4.69) is 52.9 Å². The van der Waals surface area contributed by atoms with Crippen LogP contribution in [-0.2, 0) is 16.4 Å². The Bertz CT molecular complexity index is 1550. The molecule has 0 atom stereocenters. The highest BCUT2D eigenvalue weighted by Crippen LogP contribution is 2.31. The van der Waals surface area contributed by atoms with Gasteiger partial charge in [0.15, 0.2) is 5.65 Å².